The number of allylic oxidation sites excluding steroid dienone is 1. The molecule has 80 valence electrons. The zero-order valence-electron chi connectivity index (χ0n) is 8.35. The fourth-order valence-corrected chi connectivity index (χ4v) is 1.23. The number of nitrogens with zero attached hydrogens (tertiary/aromatic N) is 1. The van der Waals surface area contributed by atoms with Crippen molar-refractivity contribution in [1.82, 2.24) is 9.97 Å². The number of nitrogens with one attached hydrogen (secondary N) is 1. The fraction of sp³-hybridized carbons (Fsp3) is 0. The minimum Gasteiger partial charge on any atom is -0.345 e. The molecular weight excluding hydrogens is 207 g/mol. The maximum Gasteiger partial charge on any atom is 0.185 e. The van der Waals surface area contributed by atoms with Crippen molar-refractivity contribution < 1.29 is 9.18 Å². The second kappa shape index (κ2) is 4.53. The first-order chi connectivity index (χ1) is 7.75. The van der Waals surface area contributed by atoms with E-state index in [0.29, 0.717) is 5.56 Å². The Balaban J connectivity index is 2.11. The summed E-state index contributed by atoms with van der Waals surface area (Å²) in [5.41, 5.74) is 1.20. The van der Waals surface area contributed by atoms with Gasteiger partial charge < -0.3 is 4.98 Å². The first-order valence-corrected chi connectivity index (χ1v) is 4.72. The molecule has 0 amide bonds. The van der Waals surface area contributed by atoms with Crippen molar-refractivity contribution in [2.45, 2.75) is 0 Å². The maximum atomic E-state index is 12.6. The van der Waals surface area contributed by atoms with E-state index in [4.69, 9.17) is 0 Å². The average molecular weight is 216 g/mol. The third kappa shape index (κ3) is 2.42. The van der Waals surface area contributed by atoms with Crippen LogP contribution in [-0.2, 0) is 0 Å². The van der Waals surface area contributed by atoms with Gasteiger partial charge in [-0.3, -0.25) is 4.79 Å². The first-order valence-electron chi connectivity index (χ1n) is 4.72. The van der Waals surface area contributed by atoms with Crippen molar-refractivity contribution in [2.24, 2.45) is 0 Å². The van der Waals surface area contributed by atoms with Gasteiger partial charge in [0, 0.05) is 5.56 Å². The Bertz CT molecular complexity index is 500. The van der Waals surface area contributed by atoms with Gasteiger partial charge in [0.15, 0.2) is 5.78 Å². The Hall–Kier alpha value is -2.23. The second-order valence-electron chi connectivity index (χ2n) is 3.21. The van der Waals surface area contributed by atoms with E-state index in [2.05, 4.69) is 9.97 Å². The minimum absolute atomic E-state index is 0.172. The van der Waals surface area contributed by atoms with Gasteiger partial charge in [-0.2, -0.15) is 0 Å². The molecule has 0 radical (unpaired) electrons. The van der Waals surface area contributed by atoms with Crippen molar-refractivity contribution in [2.75, 3.05) is 0 Å². The van der Waals surface area contributed by atoms with Gasteiger partial charge in [0.05, 0.1) is 18.2 Å². The number of H-pyrrole nitrogens is 1. The number of hydrogen-bond acceptors (Lipinski definition) is 2. The fourth-order valence-electron chi connectivity index (χ4n) is 1.23. The molecule has 0 spiro atoms. The van der Waals surface area contributed by atoms with Crippen molar-refractivity contribution in [3.05, 3.63) is 59.9 Å². The maximum absolute atomic E-state index is 12.6. The van der Waals surface area contributed by atoms with E-state index in [0.717, 1.165) is 5.69 Å². The number of halogens is 1. The molecule has 3 nitrogen and oxygen atoms in total. The molecule has 4 heteroatoms. The van der Waals surface area contributed by atoms with E-state index >= 15 is 0 Å². The van der Waals surface area contributed by atoms with Crippen LogP contribution in [0.1, 0.15) is 16.1 Å². The summed E-state index contributed by atoms with van der Waals surface area (Å²) in [6, 6.07) is 5.43. The molecule has 2 rings (SSSR count). The molecule has 0 fully saturated rings. The summed E-state index contributed by atoms with van der Waals surface area (Å²) in [6.07, 6.45) is 6.18. The molecule has 0 saturated heterocycles. The SMILES string of the molecule is O=C(/C=C/c1cnc[nH]1)c1ccc(F)cc1. The number of carbonyl (C=O) groups is 1. The predicted octanol–water partition coefficient (Wildman–Crippen LogP) is 2.44. The van der Waals surface area contributed by atoms with Crippen LogP contribution in [0, 0.1) is 5.82 Å². The second-order valence-corrected chi connectivity index (χ2v) is 3.21. The summed E-state index contributed by atoms with van der Waals surface area (Å²) in [6.45, 7) is 0. The molecule has 0 aliphatic carbocycles. The highest BCUT2D eigenvalue weighted by atomic mass is 19.1. The highest BCUT2D eigenvalue weighted by Gasteiger charge is 2.01. The molecule has 1 aromatic heterocycles. The van der Waals surface area contributed by atoms with E-state index in [1.54, 1.807) is 12.3 Å². The lowest BCUT2D eigenvalue weighted by Gasteiger charge is -1.94. The van der Waals surface area contributed by atoms with Crippen LogP contribution in [-0.4, -0.2) is 15.8 Å². The van der Waals surface area contributed by atoms with Crippen LogP contribution in [0.25, 0.3) is 6.08 Å². The number of imidazole rings is 1. The Labute approximate surface area is 91.6 Å². The molecule has 1 aromatic carbocycles. The molecule has 0 unspecified atom stereocenters. The summed E-state index contributed by atoms with van der Waals surface area (Å²) in [7, 11) is 0. The van der Waals surface area contributed by atoms with E-state index in [-0.39, 0.29) is 11.6 Å². The zero-order valence-corrected chi connectivity index (χ0v) is 8.35. The molecule has 0 aliphatic rings. The summed E-state index contributed by atoms with van der Waals surface area (Å²) in [5, 5.41) is 0. The number of ketones is 1. The highest BCUT2D eigenvalue weighted by Crippen LogP contribution is 2.05. The van der Waals surface area contributed by atoms with Crippen LogP contribution < -0.4 is 0 Å². The molecule has 1 heterocycles. The van der Waals surface area contributed by atoms with E-state index < -0.39 is 0 Å². The standard InChI is InChI=1S/C12H9FN2O/c13-10-3-1-9(2-4-10)12(16)6-5-11-7-14-8-15-11/h1-8H,(H,14,15)/b6-5+. The lowest BCUT2D eigenvalue weighted by Crippen LogP contribution is -1.93. The number of aromatic nitrogens is 2. The van der Waals surface area contributed by atoms with E-state index in [1.807, 2.05) is 0 Å². The molecule has 0 saturated carbocycles. The summed E-state index contributed by atoms with van der Waals surface area (Å²) in [4.78, 5) is 18.3. The van der Waals surface area contributed by atoms with Gasteiger partial charge in [0.2, 0.25) is 0 Å². The van der Waals surface area contributed by atoms with Crippen LogP contribution in [0.2, 0.25) is 0 Å². The van der Waals surface area contributed by atoms with Gasteiger partial charge in [-0.05, 0) is 36.4 Å². The van der Waals surface area contributed by atoms with Crippen LogP contribution >= 0.6 is 0 Å². The Morgan fingerprint density at radius 2 is 2.06 bits per heavy atom. The molecule has 2 aromatic rings. The summed E-state index contributed by atoms with van der Waals surface area (Å²) in [5.74, 6) is -0.524. The van der Waals surface area contributed by atoms with Gasteiger partial charge in [0.1, 0.15) is 5.82 Å². The van der Waals surface area contributed by atoms with Crippen LogP contribution in [0.5, 0.6) is 0 Å². The molecular formula is C12H9FN2O. The number of rotatable bonds is 3. The van der Waals surface area contributed by atoms with Crippen molar-refractivity contribution in [3.63, 3.8) is 0 Å². The lowest BCUT2D eigenvalue weighted by molar-refractivity contribution is 0.104. The number of benzene rings is 1. The Morgan fingerprint density at radius 3 is 2.69 bits per heavy atom. The van der Waals surface area contributed by atoms with Gasteiger partial charge >= 0.3 is 0 Å². The predicted molar refractivity (Wildman–Crippen MR) is 58.4 cm³/mol. The summed E-state index contributed by atoms with van der Waals surface area (Å²) >= 11 is 0. The zero-order chi connectivity index (χ0) is 11.4. The third-order valence-corrected chi connectivity index (χ3v) is 2.06. The number of aromatic amines is 1. The van der Waals surface area contributed by atoms with Crippen LogP contribution in [0.3, 0.4) is 0 Å². The number of carbonyl (C=O) groups excluding carboxylic acids is 1. The van der Waals surface area contributed by atoms with Gasteiger partial charge in [-0.1, -0.05) is 0 Å². The average Bonchev–Trinajstić information content (AvgIpc) is 2.80. The van der Waals surface area contributed by atoms with Crippen LogP contribution in [0.15, 0.2) is 42.9 Å². The largest absolute Gasteiger partial charge is 0.345 e. The van der Waals surface area contributed by atoms with Gasteiger partial charge in [-0.15, -0.1) is 0 Å². The molecule has 0 aliphatic heterocycles. The lowest BCUT2D eigenvalue weighted by atomic mass is 10.1. The van der Waals surface area contributed by atoms with E-state index in [9.17, 15) is 9.18 Å². The quantitative estimate of drug-likeness (QED) is 0.632. The molecule has 0 bridgehead atoms. The number of hydrogen-bond donors (Lipinski definition) is 1. The van der Waals surface area contributed by atoms with Crippen LogP contribution in [0.4, 0.5) is 4.39 Å². The van der Waals surface area contributed by atoms with Crippen molar-refractivity contribution in [1.29, 1.82) is 0 Å². The topological polar surface area (TPSA) is 45.8 Å². The third-order valence-electron chi connectivity index (χ3n) is 2.06. The summed E-state index contributed by atoms with van der Waals surface area (Å²) < 4.78 is 12.6. The smallest absolute Gasteiger partial charge is 0.185 e. The van der Waals surface area contributed by atoms with E-state index in [1.165, 1.54) is 36.7 Å². The normalized spacial score (nSPS) is 10.8. The van der Waals surface area contributed by atoms with Gasteiger partial charge in [-0.25, -0.2) is 9.37 Å². The minimum atomic E-state index is -0.353. The highest BCUT2D eigenvalue weighted by molar-refractivity contribution is 6.06. The Kier molecular flexibility index (Phi) is 2.91. The monoisotopic (exact) mass is 216 g/mol. The first kappa shape index (κ1) is 10.3. The molecule has 16 heavy (non-hydrogen) atoms. The Morgan fingerprint density at radius 1 is 1.31 bits per heavy atom. The molecule has 1 N–H and O–H groups in total. The molecule has 0 atom stereocenters. The van der Waals surface area contributed by atoms with Crippen molar-refractivity contribution in [3.8, 4) is 0 Å². The van der Waals surface area contributed by atoms with Crippen molar-refractivity contribution >= 4 is 11.9 Å². The van der Waals surface area contributed by atoms with Gasteiger partial charge in [0.25, 0.3) is 0 Å².